The van der Waals surface area contributed by atoms with Gasteiger partial charge in [0.1, 0.15) is 0 Å². The second kappa shape index (κ2) is 8.03. The highest BCUT2D eigenvalue weighted by atomic mass is 27.1. The molecule has 0 unspecified atom stereocenters. The molecule has 0 saturated heterocycles. The average molecular weight is 188 g/mol. The van der Waals surface area contributed by atoms with Crippen LogP contribution in [0.4, 0.5) is 0 Å². The van der Waals surface area contributed by atoms with Gasteiger partial charge in [0.05, 0.1) is 0 Å². The van der Waals surface area contributed by atoms with Gasteiger partial charge in [-0.3, -0.25) is 0 Å². The van der Waals surface area contributed by atoms with Crippen LogP contribution in [0.25, 0.3) is 0 Å². The number of methoxy groups -OCH3 is 1. The summed E-state index contributed by atoms with van der Waals surface area (Å²) in [6.45, 7) is 4.38. The maximum Gasteiger partial charge on any atom is 0.321 e. The largest absolute Gasteiger partial charge is 0.392 e. The third-order valence-electron chi connectivity index (χ3n) is 1.82. The average Bonchev–Trinajstić information content (AvgIpc) is 2.01. The summed E-state index contributed by atoms with van der Waals surface area (Å²) >= 11 is 1.16. The molecule has 0 radical (unpaired) electrons. The summed E-state index contributed by atoms with van der Waals surface area (Å²) < 4.78 is 7.33. The smallest absolute Gasteiger partial charge is 0.321 e. The second-order valence-electron chi connectivity index (χ2n) is 3.45. The van der Waals surface area contributed by atoms with Crippen LogP contribution in [-0.4, -0.2) is 72.7 Å². The number of hydrogen-bond acceptors (Lipinski definition) is 3. The van der Waals surface area contributed by atoms with Crippen molar-refractivity contribution in [1.29, 1.82) is 0 Å². The van der Waals surface area contributed by atoms with Gasteiger partial charge in [-0.2, -0.15) is 0 Å². The molecule has 0 amide bonds. The summed E-state index contributed by atoms with van der Waals surface area (Å²) in [4.78, 5) is 2.35. The first-order valence-corrected chi connectivity index (χ1v) is 5.38. The lowest BCUT2D eigenvalue weighted by molar-refractivity contribution is 0.178. The molecule has 0 heterocycles. The molecule has 0 aliphatic rings. The van der Waals surface area contributed by atoms with Crippen LogP contribution < -0.4 is 0 Å². The van der Waals surface area contributed by atoms with Crippen LogP contribution in [0.2, 0.25) is 0 Å². The van der Waals surface area contributed by atoms with Crippen LogP contribution >= 0.6 is 0 Å². The molecule has 0 aromatic rings. The highest BCUT2D eigenvalue weighted by Crippen LogP contribution is 1.88. The van der Waals surface area contributed by atoms with Crippen molar-refractivity contribution in [3.8, 4) is 0 Å². The van der Waals surface area contributed by atoms with E-state index in [1.807, 2.05) is 0 Å². The Morgan fingerprint density at radius 1 is 1.17 bits per heavy atom. The van der Waals surface area contributed by atoms with E-state index < -0.39 is 0 Å². The third-order valence-corrected chi connectivity index (χ3v) is 2.26. The minimum Gasteiger partial charge on any atom is -0.392 e. The molecule has 12 heavy (non-hydrogen) atoms. The van der Waals surface area contributed by atoms with E-state index in [1.54, 1.807) is 7.11 Å². The molecular weight excluding hydrogens is 167 g/mol. The first-order valence-electron chi connectivity index (χ1n) is 4.49. The van der Waals surface area contributed by atoms with Crippen LogP contribution in [0.5, 0.6) is 0 Å². The van der Waals surface area contributed by atoms with E-state index in [0.717, 1.165) is 36.1 Å². The van der Waals surface area contributed by atoms with Gasteiger partial charge in [-0.1, -0.05) is 0 Å². The standard InChI is InChI=1S/C8H19N2O.Al.2H/c1-9-5-7-10(2)6-4-8-11-3;;;/h4-8H2,1-3H3;;;/q-1;+1;;. The van der Waals surface area contributed by atoms with Crippen molar-refractivity contribution in [2.75, 3.05) is 47.4 Å². The quantitative estimate of drug-likeness (QED) is 0.393. The van der Waals surface area contributed by atoms with Gasteiger partial charge >= 0.3 is 16.5 Å². The normalized spacial score (nSPS) is 11.4. The van der Waals surface area contributed by atoms with Gasteiger partial charge in [-0.05, 0) is 27.1 Å². The Hall–Kier alpha value is 0.412. The summed E-state index contributed by atoms with van der Waals surface area (Å²) in [5.41, 5.74) is 0. The van der Waals surface area contributed by atoms with Gasteiger partial charge in [0, 0.05) is 26.8 Å². The van der Waals surface area contributed by atoms with Crippen molar-refractivity contribution >= 4 is 16.5 Å². The van der Waals surface area contributed by atoms with Gasteiger partial charge < -0.3 is 13.5 Å². The van der Waals surface area contributed by atoms with E-state index in [-0.39, 0.29) is 0 Å². The SMILES string of the molecule is COCCCN(C)CC[N](C)[AlH2]. The van der Waals surface area contributed by atoms with Crippen molar-refractivity contribution in [2.45, 2.75) is 6.42 Å². The zero-order chi connectivity index (χ0) is 9.40. The Labute approximate surface area is 84.3 Å². The minimum atomic E-state index is 0.876. The Morgan fingerprint density at radius 2 is 1.83 bits per heavy atom. The van der Waals surface area contributed by atoms with Crippen LogP contribution in [0, 0.1) is 0 Å². The predicted molar refractivity (Wildman–Crippen MR) is 55.2 cm³/mol. The topological polar surface area (TPSA) is 15.7 Å². The Bertz CT molecular complexity index is 101. The second-order valence-corrected chi connectivity index (χ2v) is 4.98. The Morgan fingerprint density at radius 3 is 2.33 bits per heavy atom. The molecule has 3 nitrogen and oxygen atoms in total. The summed E-state index contributed by atoms with van der Waals surface area (Å²) in [5, 5.41) is 0. The van der Waals surface area contributed by atoms with Gasteiger partial charge in [0.15, 0.2) is 0 Å². The Kier molecular flexibility index (Phi) is 8.31. The summed E-state index contributed by atoms with van der Waals surface area (Å²) in [5.74, 6) is 0. The molecule has 0 fully saturated rings. The van der Waals surface area contributed by atoms with E-state index in [9.17, 15) is 0 Å². The van der Waals surface area contributed by atoms with Crippen LogP contribution in [0.15, 0.2) is 0 Å². The first-order chi connectivity index (χ1) is 5.66. The number of ether oxygens (including phenoxy) is 1. The summed E-state index contributed by atoms with van der Waals surface area (Å²) in [7, 11) is 6.08. The maximum atomic E-state index is 4.99. The molecule has 72 valence electrons. The fourth-order valence-electron chi connectivity index (χ4n) is 0.961. The first kappa shape index (κ1) is 12.4. The maximum absolute atomic E-state index is 4.99. The van der Waals surface area contributed by atoms with Crippen molar-refractivity contribution < 1.29 is 4.74 Å². The zero-order valence-corrected chi connectivity index (χ0v) is 10.8. The van der Waals surface area contributed by atoms with Crippen LogP contribution in [0.3, 0.4) is 0 Å². The van der Waals surface area contributed by atoms with Gasteiger partial charge in [-0.15, -0.1) is 0 Å². The predicted octanol–water partition coefficient (Wildman–Crippen LogP) is -0.565. The van der Waals surface area contributed by atoms with Crippen LogP contribution in [0.1, 0.15) is 6.42 Å². The molecule has 4 heteroatoms. The molecule has 0 spiro atoms. The third kappa shape index (κ3) is 8.51. The molecule has 0 aliphatic heterocycles. The van der Waals surface area contributed by atoms with E-state index in [1.165, 1.54) is 13.1 Å². The Balaban J connectivity index is 3.15. The number of nitrogens with zero attached hydrogens (tertiary/aromatic N) is 2. The molecule has 0 atom stereocenters. The molecule has 0 bridgehead atoms. The van der Waals surface area contributed by atoms with Crippen LogP contribution in [-0.2, 0) is 4.74 Å². The van der Waals surface area contributed by atoms with Crippen molar-refractivity contribution in [1.82, 2.24) is 8.78 Å². The van der Waals surface area contributed by atoms with E-state index in [4.69, 9.17) is 4.74 Å². The van der Waals surface area contributed by atoms with Crippen molar-refractivity contribution in [2.24, 2.45) is 0 Å². The molecule has 0 aliphatic carbocycles. The number of rotatable bonds is 7. The summed E-state index contributed by atoms with van der Waals surface area (Å²) in [6, 6.07) is 0. The number of likely N-dealkylation sites (N-methyl/N-ethyl adjacent to an activating group) is 2. The zero-order valence-electron chi connectivity index (χ0n) is 8.84. The molecular formula is C8H21AlN2O. The van der Waals surface area contributed by atoms with E-state index in [0.29, 0.717) is 0 Å². The lowest BCUT2D eigenvalue weighted by Crippen LogP contribution is -2.30. The fourth-order valence-corrected chi connectivity index (χ4v) is 1.16. The fraction of sp³-hybridized carbons (Fsp3) is 1.00. The van der Waals surface area contributed by atoms with E-state index in [2.05, 4.69) is 22.9 Å². The highest BCUT2D eigenvalue weighted by molar-refractivity contribution is 6.04. The van der Waals surface area contributed by atoms with Crippen molar-refractivity contribution in [3.63, 3.8) is 0 Å². The van der Waals surface area contributed by atoms with Gasteiger partial charge in [0.2, 0.25) is 0 Å². The highest BCUT2D eigenvalue weighted by Gasteiger charge is 1.97. The lowest BCUT2D eigenvalue weighted by atomic mass is 10.4. The molecule has 0 N–H and O–H groups in total. The number of hydrogen-bond donors (Lipinski definition) is 0. The van der Waals surface area contributed by atoms with Gasteiger partial charge in [-0.25, -0.2) is 0 Å². The monoisotopic (exact) mass is 188 g/mol. The minimum absolute atomic E-state index is 0.876. The lowest BCUT2D eigenvalue weighted by Gasteiger charge is -2.19. The van der Waals surface area contributed by atoms with E-state index >= 15 is 0 Å². The van der Waals surface area contributed by atoms with Gasteiger partial charge in [0.25, 0.3) is 0 Å². The molecule has 0 rings (SSSR count). The summed E-state index contributed by atoms with van der Waals surface area (Å²) in [6.07, 6.45) is 1.14. The molecule has 0 saturated carbocycles. The van der Waals surface area contributed by atoms with Crippen molar-refractivity contribution in [3.05, 3.63) is 0 Å². The molecule has 0 aromatic heterocycles. The molecule has 0 aromatic carbocycles.